The number of carbonyl (C=O) groups is 2. The summed E-state index contributed by atoms with van der Waals surface area (Å²) in [6.45, 7) is 3.84. The lowest BCUT2D eigenvalue weighted by atomic mass is 10.0. The van der Waals surface area contributed by atoms with Crippen molar-refractivity contribution in [2.75, 3.05) is 5.32 Å². The van der Waals surface area contributed by atoms with Crippen molar-refractivity contribution in [1.29, 1.82) is 0 Å². The predicted molar refractivity (Wildman–Crippen MR) is 80.3 cm³/mol. The van der Waals surface area contributed by atoms with E-state index in [1.807, 2.05) is 13.8 Å². The second-order valence-electron chi connectivity index (χ2n) is 5.24. The number of nitrogens with one attached hydrogen (secondary N) is 1. The molecule has 20 heavy (non-hydrogen) atoms. The van der Waals surface area contributed by atoms with Crippen LogP contribution >= 0.6 is 0 Å². The molecule has 0 aliphatic carbocycles. The Kier molecular flexibility index (Phi) is 6.18. The highest BCUT2D eigenvalue weighted by Crippen LogP contribution is 2.14. The van der Waals surface area contributed by atoms with Crippen LogP contribution in [-0.2, 0) is 4.79 Å². The molecule has 5 N–H and O–H groups in total. The van der Waals surface area contributed by atoms with Crippen molar-refractivity contribution in [1.82, 2.24) is 0 Å². The van der Waals surface area contributed by atoms with E-state index in [0.717, 1.165) is 19.3 Å². The highest BCUT2D eigenvalue weighted by Gasteiger charge is 2.13. The number of anilines is 1. The minimum Gasteiger partial charge on any atom is -0.366 e. The van der Waals surface area contributed by atoms with Crippen molar-refractivity contribution in [2.45, 2.75) is 39.2 Å². The van der Waals surface area contributed by atoms with Gasteiger partial charge in [0, 0.05) is 23.2 Å². The molecule has 1 aromatic carbocycles. The van der Waals surface area contributed by atoms with Gasteiger partial charge in [0.2, 0.25) is 11.8 Å². The lowest BCUT2D eigenvalue weighted by Crippen LogP contribution is -2.22. The molecule has 5 heteroatoms. The van der Waals surface area contributed by atoms with E-state index in [2.05, 4.69) is 5.32 Å². The summed E-state index contributed by atoms with van der Waals surface area (Å²) in [6, 6.07) is 6.78. The molecule has 0 bridgehead atoms. The summed E-state index contributed by atoms with van der Waals surface area (Å²) in [7, 11) is 0. The fourth-order valence-electron chi connectivity index (χ4n) is 1.89. The van der Waals surface area contributed by atoms with Gasteiger partial charge in [0.25, 0.3) is 0 Å². The number of hydrogen-bond donors (Lipinski definition) is 3. The predicted octanol–water partition coefficient (Wildman–Crippen LogP) is 1.88. The van der Waals surface area contributed by atoms with Crippen LogP contribution in [0.2, 0.25) is 0 Å². The Morgan fingerprint density at radius 3 is 2.55 bits per heavy atom. The average Bonchev–Trinajstić information content (AvgIpc) is 2.38. The molecule has 1 rings (SSSR count). The molecule has 0 spiro atoms. The zero-order chi connectivity index (χ0) is 15.1. The van der Waals surface area contributed by atoms with E-state index >= 15 is 0 Å². The summed E-state index contributed by atoms with van der Waals surface area (Å²) in [5, 5.41) is 2.80. The number of carbonyl (C=O) groups excluding carboxylic acids is 2. The molecular formula is C15H23N3O2. The molecule has 2 unspecified atom stereocenters. The van der Waals surface area contributed by atoms with Crippen LogP contribution < -0.4 is 16.8 Å². The summed E-state index contributed by atoms with van der Waals surface area (Å²) < 4.78 is 0. The molecule has 110 valence electrons. The number of amides is 2. The van der Waals surface area contributed by atoms with Crippen LogP contribution in [0.25, 0.3) is 0 Å². The van der Waals surface area contributed by atoms with Gasteiger partial charge in [-0.3, -0.25) is 9.59 Å². The zero-order valence-electron chi connectivity index (χ0n) is 12.1. The highest BCUT2D eigenvalue weighted by atomic mass is 16.2. The molecule has 0 aliphatic heterocycles. The molecule has 0 aromatic heterocycles. The Balaban J connectivity index is 2.52. The zero-order valence-corrected chi connectivity index (χ0v) is 12.1. The van der Waals surface area contributed by atoms with Crippen LogP contribution in [0.15, 0.2) is 24.3 Å². The Bertz CT molecular complexity index is 472. The van der Waals surface area contributed by atoms with Crippen LogP contribution in [0.1, 0.15) is 43.5 Å². The van der Waals surface area contributed by atoms with Crippen LogP contribution in [-0.4, -0.2) is 17.9 Å². The molecule has 0 heterocycles. The van der Waals surface area contributed by atoms with Gasteiger partial charge >= 0.3 is 0 Å². The fourth-order valence-corrected chi connectivity index (χ4v) is 1.89. The van der Waals surface area contributed by atoms with E-state index in [9.17, 15) is 9.59 Å². The van der Waals surface area contributed by atoms with Crippen LogP contribution in [0.5, 0.6) is 0 Å². The Hall–Kier alpha value is -1.88. The standard InChI is InChI=1S/C15H23N3O2/c1-10(5-3-6-11(2)16)15(20)18-13-8-4-7-12(9-13)14(17)19/h4,7-11H,3,5-6,16H2,1-2H3,(H2,17,19)(H,18,20). The number of hydrogen-bond acceptors (Lipinski definition) is 3. The first-order valence-corrected chi connectivity index (χ1v) is 6.86. The molecule has 0 aliphatic rings. The summed E-state index contributed by atoms with van der Waals surface area (Å²) in [6.07, 6.45) is 2.63. The Labute approximate surface area is 119 Å². The van der Waals surface area contributed by atoms with Crippen LogP contribution in [0.3, 0.4) is 0 Å². The molecular weight excluding hydrogens is 254 g/mol. The van der Waals surface area contributed by atoms with Gasteiger partial charge in [-0.2, -0.15) is 0 Å². The quantitative estimate of drug-likeness (QED) is 0.709. The number of nitrogens with two attached hydrogens (primary N) is 2. The molecule has 0 fully saturated rings. The van der Waals surface area contributed by atoms with E-state index < -0.39 is 5.91 Å². The van der Waals surface area contributed by atoms with Gasteiger partial charge < -0.3 is 16.8 Å². The maximum Gasteiger partial charge on any atom is 0.248 e. The van der Waals surface area contributed by atoms with E-state index in [-0.39, 0.29) is 17.9 Å². The SMILES string of the molecule is CC(N)CCCC(C)C(=O)Nc1cccc(C(N)=O)c1. The molecule has 1 aromatic rings. The van der Waals surface area contributed by atoms with Crippen molar-refractivity contribution in [3.8, 4) is 0 Å². The second-order valence-corrected chi connectivity index (χ2v) is 5.24. The van der Waals surface area contributed by atoms with Gasteiger partial charge in [0.1, 0.15) is 0 Å². The van der Waals surface area contributed by atoms with Crippen LogP contribution in [0, 0.1) is 5.92 Å². The first-order valence-electron chi connectivity index (χ1n) is 6.86. The fraction of sp³-hybridized carbons (Fsp3) is 0.467. The Morgan fingerprint density at radius 2 is 1.95 bits per heavy atom. The van der Waals surface area contributed by atoms with Gasteiger partial charge in [0.05, 0.1) is 0 Å². The van der Waals surface area contributed by atoms with Gasteiger partial charge in [-0.05, 0) is 38.0 Å². The normalized spacial score (nSPS) is 13.6. The summed E-state index contributed by atoms with van der Waals surface area (Å²) in [5.74, 6) is -0.659. The van der Waals surface area contributed by atoms with Gasteiger partial charge in [0.15, 0.2) is 0 Å². The van der Waals surface area contributed by atoms with Crippen molar-refractivity contribution in [3.63, 3.8) is 0 Å². The van der Waals surface area contributed by atoms with E-state index in [4.69, 9.17) is 11.5 Å². The van der Waals surface area contributed by atoms with Gasteiger partial charge in [-0.15, -0.1) is 0 Å². The third-order valence-corrected chi connectivity index (χ3v) is 3.16. The van der Waals surface area contributed by atoms with Crippen molar-refractivity contribution in [3.05, 3.63) is 29.8 Å². The van der Waals surface area contributed by atoms with Crippen molar-refractivity contribution in [2.24, 2.45) is 17.4 Å². The maximum absolute atomic E-state index is 12.0. The lowest BCUT2D eigenvalue weighted by molar-refractivity contribution is -0.119. The first-order chi connectivity index (χ1) is 9.40. The number of primary amides is 1. The average molecular weight is 277 g/mol. The largest absolute Gasteiger partial charge is 0.366 e. The number of rotatable bonds is 7. The van der Waals surface area contributed by atoms with Gasteiger partial charge in [-0.1, -0.05) is 19.4 Å². The minimum absolute atomic E-state index is 0.0590. The molecule has 0 saturated carbocycles. The summed E-state index contributed by atoms with van der Waals surface area (Å²) in [4.78, 5) is 23.1. The molecule has 0 saturated heterocycles. The lowest BCUT2D eigenvalue weighted by Gasteiger charge is -2.13. The number of benzene rings is 1. The monoisotopic (exact) mass is 277 g/mol. The first kappa shape index (κ1) is 16.2. The Morgan fingerprint density at radius 1 is 1.25 bits per heavy atom. The third-order valence-electron chi connectivity index (χ3n) is 3.16. The minimum atomic E-state index is -0.508. The molecule has 0 radical (unpaired) electrons. The van der Waals surface area contributed by atoms with Crippen molar-refractivity contribution >= 4 is 17.5 Å². The highest BCUT2D eigenvalue weighted by molar-refractivity contribution is 5.96. The van der Waals surface area contributed by atoms with Crippen LogP contribution in [0.4, 0.5) is 5.69 Å². The molecule has 5 nitrogen and oxygen atoms in total. The van der Waals surface area contributed by atoms with E-state index in [1.165, 1.54) is 0 Å². The molecule has 2 atom stereocenters. The van der Waals surface area contributed by atoms with E-state index in [0.29, 0.717) is 11.3 Å². The maximum atomic E-state index is 12.0. The van der Waals surface area contributed by atoms with Crippen molar-refractivity contribution < 1.29 is 9.59 Å². The smallest absolute Gasteiger partial charge is 0.248 e. The summed E-state index contributed by atoms with van der Waals surface area (Å²) >= 11 is 0. The van der Waals surface area contributed by atoms with E-state index in [1.54, 1.807) is 24.3 Å². The topological polar surface area (TPSA) is 98.2 Å². The summed E-state index contributed by atoms with van der Waals surface area (Å²) in [5.41, 5.74) is 11.9. The molecule has 2 amide bonds. The third kappa shape index (κ3) is 5.40. The second kappa shape index (κ2) is 7.65. The van der Waals surface area contributed by atoms with Gasteiger partial charge in [-0.25, -0.2) is 0 Å².